The topological polar surface area (TPSA) is 38.3 Å². The number of anilines is 1. The monoisotopic (exact) mass is 311 g/mol. The summed E-state index contributed by atoms with van der Waals surface area (Å²) in [6, 6.07) is 9.05. The zero-order valence-electron chi connectivity index (χ0n) is 9.07. The summed E-state index contributed by atoms with van der Waals surface area (Å²) in [6.45, 7) is 0. The molecule has 0 aliphatic heterocycles. The van der Waals surface area contributed by atoms with Gasteiger partial charge in [-0.15, -0.1) is 11.3 Å². The predicted molar refractivity (Wildman–Crippen MR) is 73.0 cm³/mol. The maximum absolute atomic E-state index is 11.8. The van der Waals surface area contributed by atoms with E-state index in [0.717, 1.165) is 15.9 Å². The molecule has 0 fully saturated rings. The van der Waals surface area contributed by atoms with Gasteiger partial charge in [0.1, 0.15) is 5.75 Å². The van der Waals surface area contributed by atoms with Gasteiger partial charge in [-0.3, -0.25) is 4.79 Å². The van der Waals surface area contributed by atoms with E-state index in [2.05, 4.69) is 21.2 Å². The second-order valence-corrected chi connectivity index (χ2v) is 5.08. The van der Waals surface area contributed by atoms with Crippen LogP contribution in [0.1, 0.15) is 9.67 Å². The van der Waals surface area contributed by atoms with Gasteiger partial charge < -0.3 is 10.1 Å². The maximum Gasteiger partial charge on any atom is 0.265 e. The zero-order valence-corrected chi connectivity index (χ0v) is 11.5. The lowest BCUT2D eigenvalue weighted by Gasteiger charge is -2.07. The van der Waals surface area contributed by atoms with Gasteiger partial charge in [0.15, 0.2) is 0 Å². The Morgan fingerprint density at radius 3 is 2.82 bits per heavy atom. The summed E-state index contributed by atoms with van der Waals surface area (Å²) in [4.78, 5) is 12.5. The van der Waals surface area contributed by atoms with Crippen LogP contribution in [0.5, 0.6) is 5.75 Å². The Balaban J connectivity index is 2.14. The first kappa shape index (κ1) is 12.1. The first-order valence-electron chi connectivity index (χ1n) is 4.89. The third-order valence-corrected chi connectivity index (χ3v) is 3.64. The van der Waals surface area contributed by atoms with Gasteiger partial charge in [0.05, 0.1) is 16.5 Å². The van der Waals surface area contributed by atoms with Crippen molar-refractivity contribution >= 4 is 38.9 Å². The Kier molecular flexibility index (Phi) is 3.81. The summed E-state index contributed by atoms with van der Waals surface area (Å²) in [5.41, 5.74) is 0.732. The van der Waals surface area contributed by atoms with Gasteiger partial charge in [-0.1, -0.05) is 6.07 Å². The molecule has 1 amide bonds. The molecule has 5 heteroatoms. The standard InChI is InChI=1S/C12H10BrNO2S/c1-16-10-5-4-8(7-9(10)13)14-12(15)11-3-2-6-17-11/h2-7H,1H3,(H,14,15). The molecule has 2 rings (SSSR count). The fourth-order valence-corrected chi connectivity index (χ4v) is 2.50. The molecule has 88 valence electrons. The number of carbonyl (C=O) groups excluding carboxylic acids is 1. The van der Waals surface area contributed by atoms with E-state index in [9.17, 15) is 4.79 Å². The number of carbonyl (C=O) groups is 1. The number of methoxy groups -OCH3 is 1. The first-order chi connectivity index (χ1) is 8.20. The summed E-state index contributed by atoms with van der Waals surface area (Å²) >= 11 is 4.79. The van der Waals surface area contributed by atoms with Gasteiger partial charge in [0.2, 0.25) is 0 Å². The predicted octanol–water partition coefficient (Wildman–Crippen LogP) is 3.77. The summed E-state index contributed by atoms with van der Waals surface area (Å²) in [7, 11) is 1.60. The highest BCUT2D eigenvalue weighted by atomic mass is 79.9. The second kappa shape index (κ2) is 5.33. The molecule has 0 spiro atoms. The van der Waals surface area contributed by atoms with Crippen LogP contribution in [0.4, 0.5) is 5.69 Å². The Hall–Kier alpha value is -1.33. The van der Waals surface area contributed by atoms with Crippen LogP contribution in [0.3, 0.4) is 0 Å². The van der Waals surface area contributed by atoms with Crippen molar-refractivity contribution < 1.29 is 9.53 Å². The number of benzene rings is 1. The highest BCUT2D eigenvalue weighted by Gasteiger charge is 2.08. The van der Waals surface area contributed by atoms with Crippen molar-refractivity contribution in [1.82, 2.24) is 0 Å². The van der Waals surface area contributed by atoms with E-state index in [1.807, 2.05) is 17.5 Å². The molecule has 0 aliphatic rings. The summed E-state index contributed by atoms with van der Waals surface area (Å²) in [5, 5.41) is 4.70. The molecule has 1 heterocycles. The number of thiophene rings is 1. The van der Waals surface area contributed by atoms with Gasteiger partial charge in [-0.05, 0) is 45.6 Å². The molecule has 0 unspecified atom stereocenters. The normalized spacial score (nSPS) is 10.0. The molecule has 0 bridgehead atoms. The molecule has 0 saturated carbocycles. The van der Waals surface area contributed by atoms with Crippen molar-refractivity contribution in [3.8, 4) is 5.75 Å². The van der Waals surface area contributed by atoms with Crippen molar-refractivity contribution in [1.29, 1.82) is 0 Å². The fraction of sp³-hybridized carbons (Fsp3) is 0.0833. The van der Waals surface area contributed by atoms with E-state index in [-0.39, 0.29) is 5.91 Å². The van der Waals surface area contributed by atoms with Crippen LogP contribution in [0, 0.1) is 0 Å². The van der Waals surface area contributed by atoms with Gasteiger partial charge >= 0.3 is 0 Å². The van der Waals surface area contributed by atoms with Crippen LogP contribution in [0.25, 0.3) is 0 Å². The zero-order chi connectivity index (χ0) is 12.3. The third-order valence-electron chi connectivity index (χ3n) is 2.15. The van der Waals surface area contributed by atoms with Crippen molar-refractivity contribution in [2.75, 3.05) is 12.4 Å². The smallest absolute Gasteiger partial charge is 0.265 e. The summed E-state index contributed by atoms with van der Waals surface area (Å²) in [6.07, 6.45) is 0. The number of ether oxygens (including phenoxy) is 1. The maximum atomic E-state index is 11.8. The van der Waals surface area contributed by atoms with Crippen LogP contribution in [0.15, 0.2) is 40.2 Å². The van der Waals surface area contributed by atoms with Gasteiger partial charge in [-0.25, -0.2) is 0 Å². The van der Waals surface area contributed by atoms with E-state index in [4.69, 9.17) is 4.74 Å². The summed E-state index contributed by atoms with van der Waals surface area (Å²) in [5.74, 6) is 0.635. The Morgan fingerprint density at radius 1 is 1.41 bits per heavy atom. The van der Waals surface area contributed by atoms with Crippen molar-refractivity contribution in [3.05, 3.63) is 45.1 Å². The molecule has 17 heavy (non-hydrogen) atoms. The number of hydrogen-bond donors (Lipinski definition) is 1. The van der Waals surface area contributed by atoms with E-state index in [1.165, 1.54) is 11.3 Å². The van der Waals surface area contributed by atoms with E-state index < -0.39 is 0 Å². The second-order valence-electron chi connectivity index (χ2n) is 3.28. The van der Waals surface area contributed by atoms with Crippen molar-refractivity contribution in [2.45, 2.75) is 0 Å². The quantitative estimate of drug-likeness (QED) is 0.937. The molecule has 2 aromatic rings. The van der Waals surface area contributed by atoms with E-state index in [1.54, 1.807) is 25.3 Å². The average Bonchev–Trinajstić information content (AvgIpc) is 2.82. The number of halogens is 1. The highest BCUT2D eigenvalue weighted by molar-refractivity contribution is 9.10. The highest BCUT2D eigenvalue weighted by Crippen LogP contribution is 2.28. The SMILES string of the molecule is COc1ccc(NC(=O)c2cccs2)cc1Br. The van der Waals surface area contributed by atoms with Crippen molar-refractivity contribution in [2.24, 2.45) is 0 Å². The molecular weight excluding hydrogens is 302 g/mol. The van der Waals surface area contributed by atoms with Crippen LogP contribution in [-0.4, -0.2) is 13.0 Å². The molecular formula is C12H10BrNO2S. The molecule has 3 nitrogen and oxygen atoms in total. The van der Waals surface area contributed by atoms with Gasteiger partial charge in [-0.2, -0.15) is 0 Å². The number of amides is 1. The largest absolute Gasteiger partial charge is 0.496 e. The van der Waals surface area contributed by atoms with Crippen LogP contribution >= 0.6 is 27.3 Å². The number of rotatable bonds is 3. The minimum absolute atomic E-state index is 0.0999. The third kappa shape index (κ3) is 2.87. The van der Waals surface area contributed by atoms with Gasteiger partial charge in [0.25, 0.3) is 5.91 Å². The molecule has 1 aromatic carbocycles. The van der Waals surface area contributed by atoms with Crippen LogP contribution in [-0.2, 0) is 0 Å². The van der Waals surface area contributed by atoms with E-state index in [0.29, 0.717) is 4.88 Å². The molecule has 1 aromatic heterocycles. The van der Waals surface area contributed by atoms with Crippen molar-refractivity contribution in [3.63, 3.8) is 0 Å². The van der Waals surface area contributed by atoms with Gasteiger partial charge in [0, 0.05) is 5.69 Å². The lowest BCUT2D eigenvalue weighted by Crippen LogP contribution is -2.09. The van der Waals surface area contributed by atoms with Crippen LogP contribution in [0.2, 0.25) is 0 Å². The Labute approximate surface area is 112 Å². The lowest BCUT2D eigenvalue weighted by molar-refractivity contribution is 0.103. The molecule has 0 atom stereocenters. The fourth-order valence-electron chi connectivity index (χ4n) is 1.34. The minimum atomic E-state index is -0.0999. The minimum Gasteiger partial charge on any atom is -0.496 e. The molecule has 1 N–H and O–H groups in total. The number of nitrogens with one attached hydrogen (secondary N) is 1. The first-order valence-corrected chi connectivity index (χ1v) is 6.56. The lowest BCUT2D eigenvalue weighted by atomic mass is 10.3. The molecule has 0 aliphatic carbocycles. The number of hydrogen-bond acceptors (Lipinski definition) is 3. The Bertz CT molecular complexity index is 525. The van der Waals surface area contributed by atoms with Crippen LogP contribution < -0.4 is 10.1 Å². The Morgan fingerprint density at radius 2 is 2.24 bits per heavy atom. The average molecular weight is 312 g/mol. The molecule has 0 saturated heterocycles. The van der Waals surface area contributed by atoms with E-state index >= 15 is 0 Å². The molecule has 0 radical (unpaired) electrons. The summed E-state index contributed by atoms with van der Waals surface area (Å²) < 4.78 is 5.93.